The van der Waals surface area contributed by atoms with Gasteiger partial charge in [0.2, 0.25) is 11.8 Å². The lowest BCUT2D eigenvalue weighted by Gasteiger charge is -2.17. The van der Waals surface area contributed by atoms with E-state index >= 15 is 0 Å². The fraction of sp³-hybridized carbons (Fsp3) is 0.438. The van der Waals surface area contributed by atoms with Crippen LogP contribution in [0.3, 0.4) is 0 Å². The van der Waals surface area contributed by atoms with Gasteiger partial charge in [-0.2, -0.15) is 0 Å². The number of rotatable bonds is 6. The Morgan fingerprint density at radius 1 is 1.41 bits per heavy atom. The Bertz CT molecular complexity index is 585. The number of carboxylic acids is 1. The molecule has 6 nitrogen and oxygen atoms in total. The van der Waals surface area contributed by atoms with E-state index in [1.807, 2.05) is 6.92 Å². The highest BCUT2D eigenvalue weighted by Gasteiger charge is 2.35. The van der Waals surface area contributed by atoms with E-state index in [1.165, 1.54) is 4.90 Å². The Hall–Kier alpha value is -2.37. The van der Waals surface area contributed by atoms with E-state index < -0.39 is 11.9 Å². The molecule has 1 fully saturated rings. The van der Waals surface area contributed by atoms with Crippen LogP contribution in [0.25, 0.3) is 0 Å². The molecule has 0 aliphatic carbocycles. The van der Waals surface area contributed by atoms with E-state index in [1.54, 1.807) is 24.3 Å². The molecule has 0 spiro atoms. The molecule has 0 aromatic heterocycles. The molecule has 2 rings (SSSR count). The van der Waals surface area contributed by atoms with E-state index in [0.717, 1.165) is 12.8 Å². The van der Waals surface area contributed by atoms with Crippen molar-refractivity contribution in [2.24, 2.45) is 5.92 Å². The Kier molecular flexibility index (Phi) is 5.14. The van der Waals surface area contributed by atoms with Gasteiger partial charge in [0.25, 0.3) is 0 Å². The molecule has 2 N–H and O–H groups in total. The smallest absolute Gasteiger partial charge is 0.308 e. The first-order chi connectivity index (χ1) is 10.5. The van der Waals surface area contributed by atoms with Crippen LogP contribution in [0.15, 0.2) is 24.3 Å². The van der Waals surface area contributed by atoms with Gasteiger partial charge in [0.15, 0.2) is 0 Å². The van der Waals surface area contributed by atoms with Crippen molar-refractivity contribution >= 4 is 29.2 Å². The summed E-state index contributed by atoms with van der Waals surface area (Å²) in [6.07, 6.45) is 2.26. The maximum Gasteiger partial charge on any atom is 0.308 e. The van der Waals surface area contributed by atoms with Crippen molar-refractivity contribution in [3.05, 3.63) is 24.3 Å². The van der Waals surface area contributed by atoms with Crippen molar-refractivity contribution in [1.82, 2.24) is 0 Å². The van der Waals surface area contributed by atoms with Gasteiger partial charge in [-0.15, -0.1) is 0 Å². The predicted molar refractivity (Wildman–Crippen MR) is 82.7 cm³/mol. The molecule has 1 unspecified atom stereocenters. The molecule has 1 aromatic carbocycles. The van der Waals surface area contributed by atoms with Gasteiger partial charge in [-0.1, -0.05) is 19.4 Å². The fourth-order valence-electron chi connectivity index (χ4n) is 2.43. The third kappa shape index (κ3) is 3.84. The normalized spacial score (nSPS) is 17.6. The summed E-state index contributed by atoms with van der Waals surface area (Å²) in [7, 11) is 0. The number of unbranched alkanes of at least 4 members (excludes halogenated alkanes) is 1. The number of amides is 2. The van der Waals surface area contributed by atoms with E-state index in [4.69, 9.17) is 5.11 Å². The second-order valence-corrected chi connectivity index (χ2v) is 5.45. The van der Waals surface area contributed by atoms with Crippen LogP contribution in [0.2, 0.25) is 0 Å². The van der Waals surface area contributed by atoms with Gasteiger partial charge in [-0.25, -0.2) is 0 Å². The summed E-state index contributed by atoms with van der Waals surface area (Å²) in [4.78, 5) is 36.1. The van der Waals surface area contributed by atoms with Crippen LogP contribution in [-0.4, -0.2) is 29.4 Å². The highest BCUT2D eigenvalue weighted by atomic mass is 16.4. The molecule has 6 heteroatoms. The largest absolute Gasteiger partial charge is 0.481 e. The minimum Gasteiger partial charge on any atom is -0.481 e. The summed E-state index contributed by atoms with van der Waals surface area (Å²) in [5.74, 6) is -1.90. The van der Waals surface area contributed by atoms with Gasteiger partial charge in [0.05, 0.1) is 5.92 Å². The summed E-state index contributed by atoms with van der Waals surface area (Å²) in [5, 5.41) is 11.8. The van der Waals surface area contributed by atoms with E-state index in [0.29, 0.717) is 17.8 Å². The number of nitrogens with zero attached hydrogens (tertiary/aromatic N) is 1. The third-order valence-corrected chi connectivity index (χ3v) is 3.67. The number of carbonyl (C=O) groups excluding carboxylic acids is 2. The Morgan fingerprint density at radius 2 is 2.18 bits per heavy atom. The van der Waals surface area contributed by atoms with Gasteiger partial charge in [0.1, 0.15) is 0 Å². The van der Waals surface area contributed by atoms with Gasteiger partial charge >= 0.3 is 5.97 Å². The van der Waals surface area contributed by atoms with Crippen molar-refractivity contribution in [3.63, 3.8) is 0 Å². The molecule has 1 aliphatic rings. The van der Waals surface area contributed by atoms with Crippen LogP contribution >= 0.6 is 0 Å². The van der Waals surface area contributed by atoms with Crippen LogP contribution in [0.1, 0.15) is 32.6 Å². The van der Waals surface area contributed by atoms with Crippen LogP contribution in [0.4, 0.5) is 11.4 Å². The van der Waals surface area contributed by atoms with Crippen molar-refractivity contribution < 1.29 is 19.5 Å². The lowest BCUT2D eigenvalue weighted by molar-refractivity contribution is -0.141. The number of aliphatic carboxylic acids is 1. The van der Waals surface area contributed by atoms with E-state index in [9.17, 15) is 14.4 Å². The molecule has 1 saturated heterocycles. The summed E-state index contributed by atoms with van der Waals surface area (Å²) in [6, 6.07) is 6.94. The average molecular weight is 304 g/mol. The number of hydrogen-bond acceptors (Lipinski definition) is 3. The summed E-state index contributed by atoms with van der Waals surface area (Å²) in [6.45, 7) is 2.19. The molecule has 2 amide bonds. The lowest BCUT2D eigenvalue weighted by Crippen LogP contribution is -2.25. The molecule has 1 heterocycles. The van der Waals surface area contributed by atoms with Crippen molar-refractivity contribution in [2.75, 3.05) is 16.8 Å². The van der Waals surface area contributed by atoms with Crippen LogP contribution in [-0.2, 0) is 14.4 Å². The van der Waals surface area contributed by atoms with E-state index in [-0.39, 0.29) is 24.8 Å². The number of nitrogens with one attached hydrogen (secondary N) is 1. The van der Waals surface area contributed by atoms with Gasteiger partial charge in [-0.05, 0) is 24.6 Å². The number of hydrogen-bond donors (Lipinski definition) is 2. The SMILES string of the molecule is CCCCC(=O)Nc1cccc(N2CC(C(=O)O)CC2=O)c1. The Balaban J connectivity index is 2.07. The molecule has 1 aromatic rings. The first kappa shape index (κ1) is 16.0. The quantitative estimate of drug-likeness (QED) is 0.844. The number of benzene rings is 1. The minimum atomic E-state index is -0.958. The van der Waals surface area contributed by atoms with E-state index in [2.05, 4.69) is 5.32 Å². The molecule has 1 aliphatic heterocycles. The maximum absolute atomic E-state index is 11.9. The minimum absolute atomic E-state index is 0.0163. The molecule has 1 atom stereocenters. The molecule has 0 radical (unpaired) electrons. The van der Waals surface area contributed by atoms with Crippen molar-refractivity contribution in [1.29, 1.82) is 0 Å². The maximum atomic E-state index is 11.9. The number of anilines is 2. The standard InChI is InChI=1S/C16H20N2O4/c1-2-3-7-14(19)17-12-5-4-6-13(9-12)18-10-11(16(21)22)8-15(18)20/h4-6,9,11H,2-3,7-8,10H2,1H3,(H,17,19)(H,21,22). The zero-order chi connectivity index (χ0) is 16.1. The molecular formula is C16H20N2O4. The van der Waals surface area contributed by atoms with Gasteiger partial charge in [0, 0.05) is 30.8 Å². The molecule has 0 bridgehead atoms. The third-order valence-electron chi connectivity index (χ3n) is 3.67. The lowest BCUT2D eigenvalue weighted by atomic mass is 10.1. The number of carboxylic acid groups (broad SMARTS) is 1. The summed E-state index contributed by atoms with van der Waals surface area (Å²) in [5.41, 5.74) is 1.23. The van der Waals surface area contributed by atoms with Gasteiger partial charge < -0.3 is 15.3 Å². The number of carbonyl (C=O) groups is 3. The Morgan fingerprint density at radius 3 is 2.82 bits per heavy atom. The van der Waals surface area contributed by atoms with Crippen LogP contribution in [0, 0.1) is 5.92 Å². The summed E-state index contributed by atoms with van der Waals surface area (Å²) < 4.78 is 0. The molecule has 118 valence electrons. The zero-order valence-corrected chi connectivity index (χ0v) is 12.5. The molecule has 22 heavy (non-hydrogen) atoms. The monoisotopic (exact) mass is 304 g/mol. The van der Waals surface area contributed by atoms with Crippen LogP contribution < -0.4 is 10.2 Å². The topological polar surface area (TPSA) is 86.7 Å². The summed E-state index contributed by atoms with van der Waals surface area (Å²) >= 11 is 0. The second-order valence-electron chi connectivity index (χ2n) is 5.45. The highest BCUT2D eigenvalue weighted by molar-refractivity contribution is 6.00. The van der Waals surface area contributed by atoms with Crippen molar-refractivity contribution in [3.8, 4) is 0 Å². The molecule has 0 saturated carbocycles. The fourth-order valence-corrected chi connectivity index (χ4v) is 2.43. The average Bonchev–Trinajstić information content (AvgIpc) is 2.87. The zero-order valence-electron chi connectivity index (χ0n) is 12.5. The highest BCUT2D eigenvalue weighted by Crippen LogP contribution is 2.27. The Labute approximate surface area is 129 Å². The first-order valence-electron chi connectivity index (χ1n) is 7.44. The first-order valence-corrected chi connectivity index (χ1v) is 7.44. The van der Waals surface area contributed by atoms with Gasteiger partial charge in [-0.3, -0.25) is 14.4 Å². The predicted octanol–water partition coefficient (Wildman–Crippen LogP) is 2.25. The van der Waals surface area contributed by atoms with Crippen molar-refractivity contribution in [2.45, 2.75) is 32.6 Å². The van der Waals surface area contributed by atoms with Crippen LogP contribution in [0.5, 0.6) is 0 Å². The second kappa shape index (κ2) is 7.06. The molecular weight excluding hydrogens is 284 g/mol.